The van der Waals surface area contributed by atoms with E-state index < -0.39 is 40.6 Å². The maximum Gasteiger partial charge on any atom is 0.414 e. The minimum absolute atomic E-state index is 0.0248. The lowest BCUT2D eigenvalue weighted by atomic mass is 10.1. The van der Waals surface area contributed by atoms with Crippen LogP contribution in [0.25, 0.3) is 0 Å². The van der Waals surface area contributed by atoms with Crippen LogP contribution in [0.4, 0.5) is 20.6 Å². The Labute approximate surface area is 215 Å². The summed E-state index contributed by atoms with van der Waals surface area (Å²) in [7, 11) is -1.21. The van der Waals surface area contributed by atoms with Gasteiger partial charge in [0.15, 0.2) is 0 Å². The summed E-state index contributed by atoms with van der Waals surface area (Å²) in [5.41, 5.74) is 1.29. The van der Waals surface area contributed by atoms with E-state index in [1.54, 1.807) is 41.3 Å². The van der Waals surface area contributed by atoms with Crippen LogP contribution in [0.1, 0.15) is 20.7 Å². The molecule has 2 atom stereocenters. The van der Waals surface area contributed by atoms with Crippen molar-refractivity contribution < 1.29 is 32.5 Å². The molecule has 0 bridgehead atoms. The zero-order valence-corrected chi connectivity index (χ0v) is 20.9. The predicted octanol–water partition coefficient (Wildman–Crippen LogP) is 1.47. The molecule has 4 amide bonds. The van der Waals surface area contributed by atoms with Crippen LogP contribution in [0, 0.1) is 5.82 Å². The Bertz CT molecular complexity index is 1280. The number of amides is 4. The number of anilines is 2. The third kappa shape index (κ3) is 4.80. The van der Waals surface area contributed by atoms with E-state index >= 15 is 4.39 Å². The van der Waals surface area contributed by atoms with Crippen molar-refractivity contribution in [2.24, 2.45) is 0 Å². The quantitative estimate of drug-likeness (QED) is 0.523. The zero-order valence-electron chi connectivity index (χ0n) is 20.1. The number of carbonyl (C=O) groups is 4. The number of ether oxygens (including phenoxy) is 1. The lowest BCUT2D eigenvalue weighted by Gasteiger charge is -2.36. The summed E-state index contributed by atoms with van der Waals surface area (Å²) in [5.74, 6) is -1.60. The normalized spacial score (nSPS) is 20.4. The van der Waals surface area contributed by atoms with E-state index in [9.17, 15) is 23.4 Å². The van der Waals surface area contributed by atoms with E-state index in [4.69, 9.17) is 4.74 Å². The molecule has 0 aliphatic carbocycles. The van der Waals surface area contributed by atoms with Gasteiger partial charge in [0.1, 0.15) is 17.7 Å². The van der Waals surface area contributed by atoms with E-state index in [1.165, 1.54) is 17.2 Å². The first kappa shape index (κ1) is 24.9. The molecule has 2 aromatic carbocycles. The van der Waals surface area contributed by atoms with Crippen LogP contribution in [0.2, 0.25) is 0 Å². The van der Waals surface area contributed by atoms with Crippen molar-refractivity contribution in [3.8, 4) is 0 Å². The molecule has 2 unspecified atom stereocenters. The van der Waals surface area contributed by atoms with Crippen molar-refractivity contribution in [2.45, 2.75) is 6.10 Å². The van der Waals surface area contributed by atoms with Crippen molar-refractivity contribution in [1.29, 1.82) is 0 Å². The third-order valence-corrected chi connectivity index (χ3v) is 7.33. The second-order valence-electron chi connectivity index (χ2n) is 9.10. The lowest BCUT2D eigenvalue weighted by Crippen LogP contribution is -2.50. The van der Waals surface area contributed by atoms with Crippen LogP contribution >= 0.6 is 0 Å². The molecule has 37 heavy (non-hydrogen) atoms. The molecule has 0 radical (unpaired) electrons. The molecular formula is C25H25FN4O6S. The predicted molar refractivity (Wildman–Crippen MR) is 134 cm³/mol. The highest BCUT2D eigenvalue weighted by molar-refractivity contribution is 7.85. The van der Waals surface area contributed by atoms with E-state index in [1.807, 2.05) is 4.90 Å². The highest BCUT2D eigenvalue weighted by Gasteiger charge is 2.41. The molecule has 3 heterocycles. The third-order valence-electron chi connectivity index (χ3n) is 6.68. The molecule has 3 aliphatic heterocycles. The first-order chi connectivity index (χ1) is 17.7. The number of cyclic esters (lactones) is 1. The number of fused-ring (bicyclic) bond motifs is 1. The van der Waals surface area contributed by atoms with Gasteiger partial charge in [0.25, 0.3) is 11.8 Å². The Kier molecular flexibility index (Phi) is 6.67. The zero-order chi connectivity index (χ0) is 26.3. The largest absolute Gasteiger partial charge is 0.442 e. The molecule has 0 aromatic heterocycles. The van der Waals surface area contributed by atoms with Crippen LogP contribution in [0.3, 0.4) is 0 Å². The summed E-state index contributed by atoms with van der Waals surface area (Å²) in [6.45, 7) is 1.61. The number of rotatable bonds is 6. The number of piperazine rings is 1. The second kappa shape index (κ2) is 9.92. The van der Waals surface area contributed by atoms with E-state index in [0.29, 0.717) is 48.7 Å². The number of imide groups is 1. The van der Waals surface area contributed by atoms with Gasteiger partial charge < -0.3 is 14.5 Å². The Hall–Kier alpha value is -3.80. The Morgan fingerprint density at radius 1 is 1.03 bits per heavy atom. The fraction of sp³-hybridized carbons (Fsp3) is 0.360. The first-order valence-electron chi connectivity index (χ1n) is 11.8. The molecule has 2 fully saturated rings. The van der Waals surface area contributed by atoms with Gasteiger partial charge >= 0.3 is 6.09 Å². The van der Waals surface area contributed by atoms with Crippen LogP contribution in [0.15, 0.2) is 42.5 Å². The number of hydrogen-bond donors (Lipinski definition) is 0. The van der Waals surface area contributed by atoms with Gasteiger partial charge in [-0.2, -0.15) is 0 Å². The van der Waals surface area contributed by atoms with Gasteiger partial charge in [0, 0.05) is 43.2 Å². The summed E-state index contributed by atoms with van der Waals surface area (Å²) < 4.78 is 31.8. The summed E-state index contributed by atoms with van der Waals surface area (Å²) in [4.78, 5) is 55.7. The van der Waals surface area contributed by atoms with Crippen molar-refractivity contribution in [3.63, 3.8) is 0 Å². The van der Waals surface area contributed by atoms with Gasteiger partial charge in [-0.05, 0) is 30.3 Å². The summed E-state index contributed by atoms with van der Waals surface area (Å²) in [6, 6.07) is 11.0. The molecule has 0 N–H and O–H groups in total. The molecule has 10 nitrogen and oxygen atoms in total. The van der Waals surface area contributed by atoms with Gasteiger partial charge in [-0.1, -0.05) is 12.1 Å². The molecule has 194 valence electrons. The molecule has 2 aromatic rings. The topological polar surface area (TPSA) is 108 Å². The van der Waals surface area contributed by atoms with Gasteiger partial charge in [-0.25, -0.2) is 9.18 Å². The minimum atomic E-state index is -1.21. The van der Waals surface area contributed by atoms with Crippen molar-refractivity contribution in [3.05, 3.63) is 59.4 Å². The fourth-order valence-electron chi connectivity index (χ4n) is 4.82. The van der Waals surface area contributed by atoms with Crippen molar-refractivity contribution in [2.75, 3.05) is 61.1 Å². The molecule has 0 spiro atoms. The van der Waals surface area contributed by atoms with Crippen molar-refractivity contribution >= 4 is 46.0 Å². The second-order valence-corrected chi connectivity index (χ2v) is 10.5. The van der Waals surface area contributed by atoms with E-state index in [0.717, 1.165) is 4.90 Å². The Morgan fingerprint density at radius 2 is 1.68 bits per heavy atom. The van der Waals surface area contributed by atoms with Crippen LogP contribution < -0.4 is 9.80 Å². The van der Waals surface area contributed by atoms with E-state index in [-0.39, 0.29) is 24.7 Å². The Balaban J connectivity index is 1.22. The fourth-order valence-corrected chi connectivity index (χ4v) is 5.35. The number of benzene rings is 2. The van der Waals surface area contributed by atoms with Gasteiger partial charge in [-0.3, -0.25) is 28.4 Å². The average Bonchev–Trinajstić information content (AvgIpc) is 3.36. The van der Waals surface area contributed by atoms with E-state index in [2.05, 4.69) is 0 Å². The van der Waals surface area contributed by atoms with Gasteiger partial charge in [-0.15, -0.1) is 0 Å². The molecule has 0 saturated carbocycles. The maximum absolute atomic E-state index is 15.1. The number of carbonyl (C=O) groups excluding carboxylic acids is 4. The molecule has 3 aliphatic rings. The number of halogens is 1. The standard InChI is InChI=1S/C25H25FN4O6S/c1-37(35)15-22(31)28-10-8-27(9-11-28)21-7-6-16(12-20(21)26)29-13-17(36-25(29)34)14-30-23(32)18-4-2-3-5-19(18)24(30)33/h2-7,12,17H,8-11,13-15H2,1H3. The molecule has 2 saturated heterocycles. The van der Waals surface area contributed by atoms with Gasteiger partial charge in [0.2, 0.25) is 5.91 Å². The summed E-state index contributed by atoms with van der Waals surface area (Å²) in [6.07, 6.45) is 0.0447. The minimum Gasteiger partial charge on any atom is -0.442 e. The van der Waals surface area contributed by atoms with Crippen LogP contribution in [0.5, 0.6) is 0 Å². The summed E-state index contributed by atoms with van der Waals surface area (Å²) >= 11 is 0. The first-order valence-corrected chi connectivity index (χ1v) is 13.5. The van der Waals surface area contributed by atoms with Crippen molar-refractivity contribution in [1.82, 2.24) is 9.80 Å². The number of nitrogens with zero attached hydrogens (tertiary/aromatic N) is 4. The molecule has 5 rings (SSSR count). The highest BCUT2D eigenvalue weighted by Crippen LogP contribution is 2.30. The number of hydrogen-bond acceptors (Lipinski definition) is 7. The van der Waals surface area contributed by atoms with Gasteiger partial charge in [0.05, 0.1) is 35.6 Å². The average molecular weight is 529 g/mol. The smallest absolute Gasteiger partial charge is 0.414 e. The molecular weight excluding hydrogens is 503 g/mol. The monoisotopic (exact) mass is 528 g/mol. The Morgan fingerprint density at radius 3 is 2.27 bits per heavy atom. The molecule has 12 heteroatoms. The SMILES string of the molecule is CS(=O)CC(=O)N1CCN(c2ccc(N3CC(CN4C(=O)c5ccccc5C4=O)OC3=O)cc2F)CC1. The van der Waals surface area contributed by atoms with Crippen LogP contribution in [-0.2, 0) is 20.3 Å². The summed E-state index contributed by atoms with van der Waals surface area (Å²) in [5, 5.41) is 0. The maximum atomic E-state index is 15.1. The van der Waals surface area contributed by atoms with Crippen LogP contribution in [-0.4, -0.2) is 95.2 Å². The lowest BCUT2D eigenvalue weighted by molar-refractivity contribution is -0.128. The highest BCUT2D eigenvalue weighted by atomic mass is 32.2.